The maximum Gasteiger partial charge on any atom is 0.128 e. The Kier molecular flexibility index (Phi) is 3.02. The number of benzene rings is 1. The van der Waals surface area contributed by atoms with Crippen molar-refractivity contribution in [1.29, 1.82) is 0 Å². The van der Waals surface area contributed by atoms with Crippen LogP contribution in [0.3, 0.4) is 0 Å². The van der Waals surface area contributed by atoms with Crippen LogP contribution in [0.5, 0.6) is 0 Å². The van der Waals surface area contributed by atoms with Gasteiger partial charge < -0.3 is 15.2 Å². The highest BCUT2D eigenvalue weighted by atomic mass is 16.5. The Morgan fingerprint density at radius 2 is 2.28 bits per heavy atom. The molecule has 0 saturated carbocycles. The first-order chi connectivity index (χ1) is 8.88. The SMILES string of the molecule is NCCC1CN(Cc2cnoc2)c2ccccc21. The van der Waals surface area contributed by atoms with Crippen molar-refractivity contribution < 1.29 is 4.52 Å². The average molecular weight is 243 g/mol. The summed E-state index contributed by atoms with van der Waals surface area (Å²) in [6, 6.07) is 8.58. The maximum atomic E-state index is 5.70. The van der Waals surface area contributed by atoms with Crippen LogP contribution in [0.25, 0.3) is 0 Å². The van der Waals surface area contributed by atoms with Crippen LogP contribution in [-0.4, -0.2) is 18.2 Å². The van der Waals surface area contributed by atoms with Gasteiger partial charge in [0.05, 0.1) is 6.20 Å². The molecule has 0 fully saturated rings. The lowest BCUT2D eigenvalue weighted by atomic mass is 9.98. The van der Waals surface area contributed by atoms with Crippen LogP contribution in [0.15, 0.2) is 41.2 Å². The van der Waals surface area contributed by atoms with Gasteiger partial charge in [0.25, 0.3) is 0 Å². The number of fused-ring (bicyclic) bond motifs is 1. The van der Waals surface area contributed by atoms with E-state index in [0.717, 1.165) is 31.6 Å². The largest absolute Gasteiger partial charge is 0.366 e. The molecule has 0 amide bonds. The predicted octanol–water partition coefficient (Wildman–Crippen LogP) is 2.13. The Bertz CT molecular complexity index is 510. The van der Waals surface area contributed by atoms with Crippen molar-refractivity contribution in [3.8, 4) is 0 Å². The molecule has 1 atom stereocenters. The average Bonchev–Trinajstić information content (AvgIpc) is 3.00. The van der Waals surface area contributed by atoms with E-state index in [-0.39, 0.29) is 0 Å². The molecule has 0 aliphatic carbocycles. The zero-order chi connectivity index (χ0) is 12.4. The second-order valence-electron chi connectivity index (χ2n) is 4.75. The van der Waals surface area contributed by atoms with Crippen molar-refractivity contribution in [3.63, 3.8) is 0 Å². The summed E-state index contributed by atoms with van der Waals surface area (Å²) < 4.78 is 4.89. The van der Waals surface area contributed by atoms with E-state index in [9.17, 15) is 0 Å². The molecule has 4 nitrogen and oxygen atoms in total. The van der Waals surface area contributed by atoms with Gasteiger partial charge >= 0.3 is 0 Å². The topological polar surface area (TPSA) is 55.3 Å². The van der Waals surface area contributed by atoms with Gasteiger partial charge in [0.2, 0.25) is 0 Å². The third-order valence-corrected chi connectivity index (χ3v) is 3.53. The smallest absolute Gasteiger partial charge is 0.128 e. The monoisotopic (exact) mass is 243 g/mol. The van der Waals surface area contributed by atoms with Gasteiger partial charge in [-0.2, -0.15) is 0 Å². The van der Waals surface area contributed by atoms with Gasteiger partial charge in [-0.3, -0.25) is 0 Å². The Labute approximate surface area is 106 Å². The van der Waals surface area contributed by atoms with Gasteiger partial charge in [0, 0.05) is 30.3 Å². The van der Waals surface area contributed by atoms with Crippen LogP contribution < -0.4 is 10.6 Å². The second-order valence-corrected chi connectivity index (χ2v) is 4.75. The van der Waals surface area contributed by atoms with Gasteiger partial charge in [-0.25, -0.2) is 0 Å². The van der Waals surface area contributed by atoms with Crippen molar-refractivity contribution >= 4 is 5.69 Å². The molecular weight excluding hydrogens is 226 g/mol. The molecule has 1 aromatic carbocycles. The summed E-state index contributed by atoms with van der Waals surface area (Å²) in [4.78, 5) is 2.38. The molecule has 1 unspecified atom stereocenters. The molecule has 0 saturated heterocycles. The molecule has 3 rings (SSSR count). The zero-order valence-corrected chi connectivity index (χ0v) is 10.2. The van der Waals surface area contributed by atoms with E-state index in [0.29, 0.717) is 5.92 Å². The van der Waals surface area contributed by atoms with E-state index in [1.807, 2.05) is 0 Å². The number of hydrogen-bond donors (Lipinski definition) is 1. The van der Waals surface area contributed by atoms with Gasteiger partial charge in [-0.1, -0.05) is 23.4 Å². The number of hydrogen-bond acceptors (Lipinski definition) is 4. The summed E-state index contributed by atoms with van der Waals surface area (Å²) in [6.07, 6.45) is 4.52. The minimum absolute atomic E-state index is 0.547. The number of aromatic nitrogens is 1. The first-order valence-electron chi connectivity index (χ1n) is 6.30. The van der Waals surface area contributed by atoms with Crippen LogP contribution in [0.4, 0.5) is 5.69 Å². The fraction of sp³-hybridized carbons (Fsp3) is 0.357. The lowest BCUT2D eigenvalue weighted by Gasteiger charge is -2.18. The number of anilines is 1. The molecule has 0 radical (unpaired) electrons. The van der Waals surface area contributed by atoms with Crippen LogP contribution in [0.2, 0.25) is 0 Å². The standard InChI is InChI=1S/C14H17N3O/c15-6-5-12-9-17(8-11-7-16-18-10-11)14-4-2-1-3-13(12)14/h1-4,7,10,12H,5-6,8-9,15H2. The van der Waals surface area contributed by atoms with E-state index in [1.54, 1.807) is 12.5 Å². The van der Waals surface area contributed by atoms with E-state index < -0.39 is 0 Å². The molecule has 0 spiro atoms. The van der Waals surface area contributed by atoms with Crippen molar-refractivity contribution in [3.05, 3.63) is 47.9 Å². The summed E-state index contributed by atoms with van der Waals surface area (Å²) in [7, 11) is 0. The highest BCUT2D eigenvalue weighted by Gasteiger charge is 2.27. The Hall–Kier alpha value is -1.81. The number of nitrogens with two attached hydrogens (primary N) is 1. The molecule has 2 N–H and O–H groups in total. The minimum Gasteiger partial charge on any atom is -0.366 e. The quantitative estimate of drug-likeness (QED) is 0.893. The Balaban J connectivity index is 1.85. The normalized spacial score (nSPS) is 18.1. The third-order valence-electron chi connectivity index (χ3n) is 3.53. The van der Waals surface area contributed by atoms with E-state index >= 15 is 0 Å². The zero-order valence-electron chi connectivity index (χ0n) is 10.2. The van der Waals surface area contributed by atoms with Gasteiger partial charge in [0.1, 0.15) is 6.26 Å². The van der Waals surface area contributed by atoms with Crippen molar-refractivity contribution in [2.24, 2.45) is 5.73 Å². The molecule has 4 heteroatoms. The van der Waals surface area contributed by atoms with Crippen LogP contribution in [0, 0.1) is 0 Å². The second kappa shape index (κ2) is 4.82. The molecular formula is C14H17N3O. The Morgan fingerprint density at radius 3 is 3.06 bits per heavy atom. The Morgan fingerprint density at radius 1 is 1.39 bits per heavy atom. The molecule has 18 heavy (non-hydrogen) atoms. The molecule has 2 aromatic rings. The summed E-state index contributed by atoms with van der Waals surface area (Å²) >= 11 is 0. The minimum atomic E-state index is 0.547. The van der Waals surface area contributed by atoms with Crippen molar-refractivity contribution in [1.82, 2.24) is 5.16 Å². The number of nitrogens with zero attached hydrogens (tertiary/aromatic N) is 2. The summed E-state index contributed by atoms with van der Waals surface area (Å²) in [5, 5.41) is 3.75. The third kappa shape index (κ3) is 1.99. The van der Waals surface area contributed by atoms with Crippen LogP contribution >= 0.6 is 0 Å². The lowest BCUT2D eigenvalue weighted by Crippen LogP contribution is -2.21. The summed E-state index contributed by atoms with van der Waals surface area (Å²) in [6.45, 7) is 2.61. The fourth-order valence-electron chi connectivity index (χ4n) is 2.71. The first kappa shape index (κ1) is 11.3. The van der Waals surface area contributed by atoms with Crippen molar-refractivity contribution in [2.45, 2.75) is 18.9 Å². The highest BCUT2D eigenvalue weighted by molar-refractivity contribution is 5.60. The number of rotatable bonds is 4. The summed E-state index contributed by atoms with van der Waals surface area (Å²) in [5.74, 6) is 0.547. The predicted molar refractivity (Wildman–Crippen MR) is 70.4 cm³/mol. The molecule has 1 aromatic heterocycles. The van der Waals surface area contributed by atoms with Gasteiger partial charge in [0.15, 0.2) is 0 Å². The first-order valence-corrected chi connectivity index (χ1v) is 6.30. The maximum absolute atomic E-state index is 5.70. The fourth-order valence-corrected chi connectivity index (χ4v) is 2.71. The lowest BCUT2D eigenvalue weighted by molar-refractivity contribution is 0.418. The molecule has 2 heterocycles. The number of para-hydroxylation sites is 1. The van der Waals surface area contributed by atoms with Crippen LogP contribution in [-0.2, 0) is 6.54 Å². The van der Waals surface area contributed by atoms with Crippen molar-refractivity contribution in [2.75, 3.05) is 18.0 Å². The van der Waals surface area contributed by atoms with Crippen LogP contribution in [0.1, 0.15) is 23.5 Å². The molecule has 0 bridgehead atoms. The van der Waals surface area contributed by atoms with E-state index in [2.05, 4.69) is 34.3 Å². The van der Waals surface area contributed by atoms with Gasteiger partial charge in [-0.05, 0) is 24.6 Å². The van der Waals surface area contributed by atoms with E-state index in [1.165, 1.54) is 11.3 Å². The summed E-state index contributed by atoms with van der Waals surface area (Å²) in [5.41, 5.74) is 9.55. The highest BCUT2D eigenvalue weighted by Crippen LogP contribution is 2.38. The van der Waals surface area contributed by atoms with E-state index in [4.69, 9.17) is 10.3 Å². The molecule has 1 aliphatic rings. The van der Waals surface area contributed by atoms with Gasteiger partial charge in [-0.15, -0.1) is 0 Å². The molecule has 94 valence electrons. The molecule has 1 aliphatic heterocycles.